The molecule has 18 heavy (non-hydrogen) atoms. The van der Waals surface area contributed by atoms with Crippen LogP contribution in [0.4, 0.5) is 5.82 Å². The summed E-state index contributed by atoms with van der Waals surface area (Å²) in [5.74, 6) is 0.368. The van der Waals surface area contributed by atoms with Gasteiger partial charge in [-0.3, -0.25) is 4.79 Å². The standard InChI is InChI=1S/C13H20ClN3O/c1-8(13(2,3)4)16-12(18)11-9(14)6-7-10(15-5)17-11/h6-8H,1-5H3,(H,15,17)(H,16,18). The molecule has 4 nitrogen and oxygen atoms in total. The lowest BCUT2D eigenvalue weighted by atomic mass is 9.88. The molecule has 0 saturated carbocycles. The van der Waals surface area contributed by atoms with Crippen molar-refractivity contribution in [1.29, 1.82) is 0 Å². The van der Waals surface area contributed by atoms with Gasteiger partial charge in [-0.05, 0) is 24.5 Å². The van der Waals surface area contributed by atoms with Gasteiger partial charge in [-0.25, -0.2) is 4.98 Å². The lowest BCUT2D eigenvalue weighted by Crippen LogP contribution is -2.41. The number of hydrogen-bond acceptors (Lipinski definition) is 3. The molecule has 1 atom stereocenters. The van der Waals surface area contributed by atoms with Gasteiger partial charge >= 0.3 is 0 Å². The van der Waals surface area contributed by atoms with E-state index >= 15 is 0 Å². The molecule has 1 aromatic heterocycles. The zero-order valence-electron chi connectivity index (χ0n) is 11.5. The summed E-state index contributed by atoms with van der Waals surface area (Å²) in [4.78, 5) is 16.3. The van der Waals surface area contributed by atoms with E-state index in [1.165, 1.54) is 0 Å². The van der Waals surface area contributed by atoms with Gasteiger partial charge in [-0.2, -0.15) is 0 Å². The molecule has 1 amide bonds. The molecule has 0 aliphatic rings. The summed E-state index contributed by atoms with van der Waals surface area (Å²) in [6, 6.07) is 3.42. The molecule has 1 unspecified atom stereocenters. The van der Waals surface area contributed by atoms with E-state index in [1.54, 1.807) is 19.2 Å². The first-order valence-corrected chi connectivity index (χ1v) is 6.28. The van der Waals surface area contributed by atoms with Gasteiger partial charge < -0.3 is 10.6 Å². The maximum Gasteiger partial charge on any atom is 0.271 e. The molecule has 0 radical (unpaired) electrons. The number of carbonyl (C=O) groups excluding carboxylic acids is 1. The Morgan fingerprint density at radius 1 is 1.39 bits per heavy atom. The molecule has 0 aromatic carbocycles. The van der Waals surface area contributed by atoms with Crippen LogP contribution in [0.2, 0.25) is 5.02 Å². The minimum Gasteiger partial charge on any atom is -0.373 e. The topological polar surface area (TPSA) is 54.0 Å². The zero-order chi connectivity index (χ0) is 13.9. The first kappa shape index (κ1) is 14.8. The number of aromatic nitrogens is 1. The fraction of sp³-hybridized carbons (Fsp3) is 0.538. The third kappa shape index (κ3) is 3.60. The fourth-order valence-electron chi connectivity index (χ4n) is 1.22. The number of hydrogen-bond donors (Lipinski definition) is 2. The molecule has 100 valence electrons. The highest BCUT2D eigenvalue weighted by Crippen LogP contribution is 2.21. The van der Waals surface area contributed by atoms with Crippen LogP contribution >= 0.6 is 11.6 Å². The van der Waals surface area contributed by atoms with Crippen molar-refractivity contribution in [1.82, 2.24) is 10.3 Å². The first-order valence-electron chi connectivity index (χ1n) is 5.91. The third-order valence-electron chi connectivity index (χ3n) is 2.96. The second-order valence-corrected chi connectivity index (χ2v) is 5.75. The maximum absolute atomic E-state index is 12.1. The molecule has 0 aliphatic carbocycles. The quantitative estimate of drug-likeness (QED) is 0.887. The van der Waals surface area contributed by atoms with Crippen LogP contribution in [0, 0.1) is 5.41 Å². The molecule has 5 heteroatoms. The molecule has 1 heterocycles. The average Bonchev–Trinajstić information content (AvgIpc) is 2.28. The Hall–Kier alpha value is -1.29. The summed E-state index contributed by atoms with van der Waals surface area (Å²) >= 11 is 5.99. The summed E-state index contributed by atoms with van der Waals surface area (Å²) in [5.41, 5.74) is 0.238. The van der Waals surface area contributed by atoms with E-state index in [9.17, 15) is 4.79 Å². The van der Waals surface area contributed by atoms with Gasteiger partial charge in [-0.1, -0.05) is 32.4 Å². The van der Waals surface area contributed by atoms with Gasteiger partial charge in [0.05, 0.1) is 5.02 Å². The Morgan fingerprint density at radius 3 is 2.50 bits per heavy atom. The molecular weight excluding hydrogens is 250 g/mol. The van der Waals surface area contributed by atoms with Crippen LogP contribution in [0.1, 0.15) is 38.2 Å². The monoisotopic (exact) mass is 269 g/mol. The molecule has 2 N–H and O–H groups in total. The molecule has 0 aliphatic heterocycles. The molecular formula is C13H20ClN3O. The van der Waals surface area contributed by atoms with Crippen molar-refractivity contribution in [2.75, 3.05) is 12.4 Å². The second-order valence-electron chi connectivity index (χ2n) is 5.34. The maximum atomic E-state index is 12.1. The number of halogens is 1. The number of nitrogens with zero attached hydrogens (tertiary/aromatic N) is 1. The van der Waals surface area contributed by atoms with Gasteiger partial charge in [0.1, 0.15) is 11.5 Å². The minimum atomic E-state index is -0.250. The van der Waals surface area contributed by atoms with Gasteiger partial charge in [0, 0.05) is 13.1 Å². The average molecular weight is 270 g/mol. The highest BCUT2D eigenvalue weighted by Gasteiger charge is 2.23. The first-order chi connectivity index (χ1) is 8.25. The third-order valence-corrected chi connectivity index (χ3v) is 3.27. The van der Waals surface area contributed by atoms with Gasteiger partial charge in [0.15, 0.2) is 0 Å². The van der Waals surface area contributed by atoms with Crippen LogP contribution in [0.15, 0.2) is 12.1 Å². The van der Waals surface area contributed by atoms with Crippen molar-refractivity contribution in [2.24, 2.45) is 5.41 Å². The van der Waals surface area contributed by atoms with Crippen molar-refractivity contribution in [2.45, 2.75) is 33.7 Å². The van der Waals surface area contributed by atoms with Crippen molar-refractivity contribution in [3.63, 3.8) is 0 Å². The predicted octanol–water partition coefficient (Wildman–Crippen LogP) is 2.94. The molecule has 0 saturated heterocycles. The smallest absolute Gasteiger partial charge is 0.271 e. The van der Waals surface area contributed by atoms with Gasteiger partial charge in [-0.15, -0.1) is 0 Å². The van der Waals surface area contributed by atoms with Crippen molar-refractivity contribution >= 4 is 23.3 Å². The Balaban J connectivity index is 2.91. The van der Waals surface area contributed by atoms with Gasteiger partial charge in [0.25, 0.3) is 5.91 Å². The number of amides is 1. The Bertz CT molecular complexity index is 440. The highest BCUT2D eigenvalue weighted by molar-refractivity contribution is 6.33. The molecule has 0 fully saturated rings. The highest BCUT2D eigenvalue weighted by atomic mass is 35.5. The molecule has 1 rings (SSSR count). The summed E-state index contributed by atoms with van der Waals surface area (Å²) in [7, 11) is 1.75. The predicted molar refractivity (Wildman–Crippen MR) is 75.2 cm³/mol. The van der Waals surface area contributed by atoms with Crippen LogP contribution in [0.25, 0.3) is 0 Å². The Morgan fingerprint density at radius 2 is 2.00 bits per heavy atom. The Kier molecular flexibility index (Phi) is 4.57. The van der Waals surface area contributed by atoms with E-state index in [0.717, 1.165) is 0 Å². The summed E-state index contributed by atoms with van der Waals surface area (Å²) in [5, 5.41) is 6.15. The van der Waals surface area contributed by atoms with E-state index in [1.807, 2.05) is 6.92 Å². The zero-order valence-corrected chi connectivity index (χ0v) is 12.2. The normalized spacial score (nSPS) is 13.0. The number of pyridine rings is 1. The fourth-order valence-corrected chi connectivity index (χ4v) is 1.41. The Labute approximate surface area is 113 Å². The van der Waals surface area contributed by atoms with Crippen LogP contribution in [-0.4, -0.2) is 24.0 Å². The number of carbonyl (C=O) groups is 1. The van der Waals surface area contributed by atoms with Crippen LogP contribution < -0.4 is 10.6 Å². The van der Waals surface area contributed by atoms with Crippen molar-refractivity contribution in [3.05, 3.63) is 22.8 Å². The van der Waals surface area contributed by atoms with E-state index in [2.05, 4.69) is 36.4 Å². The summed E-state index contributed by atoms with van der Waals surface area (Å²) in [6.45, 7) is 8.17. The second kappa shape index (κ2) is 5.57. The van der Waals surface area contributed by atoms with Crippen molar-refractivity contribution in [3.8, 4) is 0 Å². The van der Waals surface area contributed by atoms with E-state index in [4.69, 9.17) is 11.6 Å². The molecule has 0 spiro atoms. The number of rotatable bonds is 3. The summed E-state index contributed by atoms with van der Waals surface area (Å²) < 4.78 is 0. The number of nitrogens with one attached hydrogen (secondary N) is 2. The summed E-state index contributed by atoms with van der Waals surface area (Å²) in [6.07, 6.45) is 0. The lowest BCUT2D eigenvalue weighted by Gasteiger charge is -2.28. The number of anilines is 1. The van der Waals surface area contributed by atoms with Gasteiger partial charge in [0.2, 0.25) is 0 Å². The SMILES string of the molecule is CNc1ccc(Cl)c(C(=O)NC(C)C(C)(C)C)n1. The van der Waals surface area contributed by atoms with E-state index in [0.29, 0.717) is 10.8 Å². The minimum absolute atomic E-state index is 0.0112. The van der Waals surface area contributed by atoms with Crippen LogP contribution in [-0.2, 0) is 0 Å². The van der Waals surface area contributed by atoms with Crippen LogP contribution in [0.3, 0.4) is 0 Å². The molecule has 0 bridgehead atoms. The van der Waals surface area contributed by atoms with Crippen molar-refractivity contribution < 1.29 is 4.79 Å². The molecule has 1 aromatic rings. The van der Waals surface area contributed by atoms with E-state index in [-0.39, 0.29) is 23.1 Å². The lowest BCUT2D eigenvalue weighted by molar-refractivity contribution is 0.0905. The van der Waals surface area contributed by atoms with E-state index < -0.39 is 0 Å². The largest absolute Gasteiger partial charge is 0.373 e. The van der Waals surface area contributed by atoms with Crippen LogP contribution in [0.5, 0.6) is 0 Å².